The lowest BCUT2D eigenvalue weighted by Crippen LogP contribution is -2.22. The smallest absolute Gasteiger partial charge is 0.404 e. The summed E-state index contributed by atoms with van der Waals surface area (Å²) in [6, 6.07) is 1.86. The molecule has 0 spiro atoms. The third-order valence-electron chi connectivity index (χ3n) is 3.22. The molecular formula is C14H14ClF3N6O4. The second-order valence-corrected chi connectivity index (χ2v) is 5.60. The van der Waals surface area contributed by atoms with Crippen LogP contribution in [-0.4, -0.2) is 52.1 Å². The number of nitrogens with zero attached hydrogens (tertiary/aromatic N) is 4. The predicted octanol–water partition coefficient (Wildman–Crippen LogP) is 1.99. The zero-order valence-corrected chi connectivity index (χ0v) is 15.3. The van der Waals surface area contributed by atoms with Gasteiger partial charge in [0.05, 0.1) is 23.6 Å². The minimum Gasteiger partial charge on any atom is -0.404 e. The lowest BCUT2D eigenvalue weighted by molar-refractivity contribution is -0.274. The van der Waals surface area contributed by atoms with E-state index in [1.807, 2.05) is 0 Å². The molecule has 1 aromatic carbocycles. The summed E-state index contributed by atoms with van der Waals surface area (Å²) < 4.78 is 47.7. The summed E-state index contributed by atoms with van der Waals surface area (Å²) in [7, 11) is 2.81. The number of benzene rings is 1. The summed E-state index contributed by atoms with van der Waals surface area (Å²) in [5.74, 6) is -2.30. The Balaban J connectivity index is 2.37. The molecule has 2 aromatic rings. The van der Waals surface area contributed by atoms with E-state index in [0.717, 1.165) is 16.8 Å². The largest absolute Gasteiger partial charge is 0.573 e. The van der Waals surface area contributed by atoms with Gasteiger partial charge in [-0.15, -0.1) is 13.2 Å². The van der Waals surface area contributed by atoms with Crippen molar-refractivity contribution in [2.24, 2.45) is 7.05 Å². The van der Waals surface area contributed by atoms with E-state index in [1.165, 1.54) is 14.2 Å². The van der Waals surface area contributed by atoms with Gasteiger partial charge in [-0.25, -0.2) is 4.68 Å². The summed E-state index contributed by atoms with van der Waals surface area (Å²) in [6.07, 6.45) is -5.19. The van der Waals surface area contributed by atoms with E-state index in [4.69, 9.17) is 16.3 Å². The van der Waals surface area contributed by atoms with Crippen LogP contribution in [0.4, 0.5) is 24.8 Å². The van der Waals surface area contributed by atoms with Crippen molar-refractivity contribution in [1.29, 1.82) is 0 Å². The number of anilines is 2. The number of nitrogens with one attached hydrogen (secondary N) is 2. The van der Waals surface area contributed by atoms with Crippen molar-refractivity contribution in [3.8, 4) is 5.75 Å². The quantitative estimate of drug-likeness (QED) is 0.700. The highest BCUT2D eigenvalue weighted by atomic mass is 35.5. The van der Waals surface area contributed by atoms with E-state index in [-0.39, 0.29) is 24.5 Å². The Bertz CT molecular complexity index is 873. The van der Waals surface area contributed by atoms with Crippen molar-refractivity contribution < 1.29 is 32.2 Å². The van der Waals surface area contributed by atoms with Gasteiger partial charge in [-0.2, -0.15) is 0 Å². The summed E-state index contributed by atoms with van der Waals surface area (Å²) in [5, 5.41) is 14.5. The first-order valence-electron chi connectivity index (χ1n) is 7.53. The second-order valence-electron chi connectivity index (χ2n) is 5.22. The van der Waals surface area contributed by atoms with Crippen LogP contribution in [0.15, 0.2) is 12.1 Å². The minimum absolute atomic E-state index is 0.0256. The highest BCUT2D eigenvalue weighted by Gasteiger charge is 2.33. The molecule has 0 saturated carbocycles. The van der Waals surface area contributed by atoms with Crippen molar-refractivity contribution in [2.75, 3.05) is 24.4 Å². The van der Waals surface area contributed by atoms with Crippen LogP contribution in [0.3, 0.4) is 0 Å². The van der Waals surface area contributed by atoms with Crippen LogP contribution in [0.1, 0.15) is 16.8 Å². The molecule has 0 aliphatic rings. The first-order chi connectivity index (χ1) is 13.1. The number of aromatic nitrogens is 4. The van der Waals surface area contributed by atoms with Crippen molar-refractivity contribution in [2.45, 2.75) is 12.8 Å². The van der Waals surface area contributed by atoms with Gasteiger partial charge >= 0.3 is 6.36 Å². The molecule has 152 valence electrons. The molecule has 0 fully saturated rings. The number of carbonyl (C=O) groups is 2. The Labute approximate surface area is 160 Å². The van der Waals surface area contributed by atoms with Crippen LogP contribution in [0, 0.1) is 0 Å². The van der Waals surface area contributed by atoms with E-state index in [1.54, 1.807) is 0 Å². The Hall–Kier alpha value is -2.93. The monoisotopic (exact) mass is 422 g/mol. The summed E-state index contributed by atoms with van der Waals surface area (Å²) >= 11 is 6.08. The van der Waals surface area contributed by atoms with Crippen molar-refractivity contribution >= 4 is 35.1 Å². The van der Waals surface area contributed by atoms with E-state index < -0.39 is 34.6 Å². The molecule has 0 aliphatic heterocycles. The van der Waals surface area contributed by atoms with Crippen LogP contribution in [0.2, 0.25) is 5.02 Å². The first kappa shape index (κ1) is 21.4. The van der Waals surface area contributed by atoms with Crippen LogP contribution in [0.5, 0.6) is 5.75 Å². The zero-order chi connectivity index (χ0) is 20.9. The van der Waals surface area contributed by atoms with E-state index in [0.29, 0.717) is 0 Å². The number of aryl methyl sites for hydroxylation is 1. The molecule has 0 atom stereocenters. The number of hydrogen-bond acceptors (Lipinski definition) is 7. The topological polar surface area (TPSA) is 120 Å². The molecule has 0 aliphatic carbocycles. The molecule has 1 aromatic heterocycles. The molecule has 0 bridgehead atoms. The fraction of sp³-hybridized carbons (Fsp3) is 0.357. The van der Waals surface area contributed by atoms with Gasteiger partial charge < -0.3 is 14.8 Å². The molecule has 14 heteroatoms. The number of ether oxygens (including phenoxy) is 2. The van der Waals surface area contributed by atoms with E-state index in [2.05, 4.69) is 30.9 Å². The number of amides is 2. The summed E-state index contributed by atoms with van der Waals surface area (Å²) in [6.45, 7) is 0.0260. The van der Waals surface area contributed by atoms with Crippen molar-refractivity contribution in [3.63, 3.8) is 0 Å². The molecule has 0 saturated heterocycles. The third kappa shape index (κ3) is 5.53. The average Bonchev–Trinajstić information content (AvgIpc) is 2.99. The van der Waals surface area contributed by atoms with Gasteiger partial charge in [-0.05, 0) is 22.6 Å². The van der Waals surface area contributed by atoms with Crippen LogP contribution >= 0.6 is 11.6 Å². The minimum atomic E-state index is -5.04. The third-order valence-corrected chi connectivity index (χ3v) is 3.61. The van der Waals surface area contributed by atoms with Crippen molar-refractivity contribution in [3.05, 3.63) is 22.7 Å². The number of halogens is 4. The first-order valence-corrected chi connectivity index (χ1v) is 7.91. The van der Waals surface area contributed by atoms with Gasteiger partial charge in [-0.3, -0.25) is 14.9 Å². The lowest BCUT2D eigenvalue weighted by atomic mass is 10.1. The fourth-order valence-electron chi connectivity index (χ4n) is 1.96. The van der Waals surface area contributed by atoms with Gasteiger partial charge in [0.1, 0.15) is 5.69 Å². The highest BCUT2D eigenvalue weighted by Crippen LogP contribution is 2.38. The summed E-state index contributed by atoms with van der Waals surface area (Å²) in [5.41, 5.74) is -0.745. The Kier molecular flexibility index (Phi) is 6.75. The standard InChI is InChI=1S/C14H14ClF3N6O4/c1-24-13(21-22-23-24)20-12(26)7-3-4-8(28-14(16,17)18)11(10(7)15)19-9(25)5-6-27-2/h3-4H,5-6H2,1-2H3,(H,19,25)(H,20,21,23,26). The molecule has 28 heavy (non-hydrogen) atoms. The van der Waals surface area contributed by atoms with Gasteiger partial charge in [0, 0.05) is 14.2 Å². The maximum Gasteiger partial charge on any atom is 0.573 e. The molecule has 2 rings (SSSR count). The van der Waals surface area contributed by atoms with Crippen LogP contribution < -0.4 is 15.4 Å². The Morgan fingerprint density at radius 3 is 2.57 bits per heavy atom. The maximum absolute atomic E-state index is 12.6. The van der Waals surface area contributed by atoms with Crippen LogP contribution in [-0.2, 0) is 16.6 Å². The number of carbonyl (C=O) groups excluding carboxylic acids is 2. The number of alkyl halides is 3. The maximum atomic E-state index is 12.6. The number of hydrogen-bond donors (Lipinski definition) is 2. The Morgan fingerprint density at radius 2 is 2.00 bits per heavy atom. The lowest BCUT2D eigenvalue weighted by Gasteiger charge is -2.17. The van der Waals surface area contributed by atoms with Gasteiger partial charge in [-0.1, -0.05) is 16.7 Å². The van der Waals surface area contributed by atoms with Crippen molar-refractivity contribution in [1.82, 2.24) is 20.2 Å². The highest BCUT2D eigenvalue weighted by molar-refractivity contribution is 6.37. The van der Waals surface area contributed by atoms with Crippen LogP contribution in [0.25, 0.3) is 0 Å². The van der Waals surface area contributed by atoms with Gasteiger partial charge in [0.2, 0.25) is 11.9 Å². The molecule has 0 unspecified atom stereocenters. The number of tetrazole rings is 1. The predicted molar refractivity (Wildman–Crippen MR) is 90.0 cm³/mol. The average molecular weight is 423 g/mol. The Morgan fingerprint density at radius 1 is 1.29 bits per heavy atom. The van der Waals surface area contributed by atoms with Gasteiger partial charge in [0.25, 0.3) is 5.91 Å². The zero-order valence-electron chi connectivity index (χ0n) is 14.5. The number of rotatable bonds is 7. The normalized spacial score (nSPS) is 11.2. The fourth-order valence-corrected chi connectivity index (χ4v) is 2.25. The van der Waals surface area contributed by atoms with Gasteiger partial charge in [0.15, 0.2) is 5.75 Å². The summed E-state index contributed by atoms with van der Waals surface area (Å²) in [4.78, 5) is 24.3. The van der Waals surface area contributed by atoms with E-state index >= 15 is 0 Å². The molecular weight excluding hydrogens is 409 g/mol. The molecule has 10 nitrogen and oxygen atoms in total. The number of methoxy groups -OCH3 is 1. The molecule has 0 radical (unpaired) electrons. The van der Waals surface area contributed by atoms with E-state index in [9.17, 15) is 22.8 Å². The molecule has 2 N–H and O–H groups in total. The molecule has 1 heterocycles. The SMILES string of the molecule is COCCC(=O)Nc1c(OC(F)(F)F)ccc(C(=O)Nc2nnnn2C)c1Cl. The molecule has 2 amide bonds. The second kappa shape index (κ2) is 8.84.